The Kier molecular flexibility index (Phi) is 11.0. The van der Waals surface area contributed by atoms with Gasteiger partial charge in [0.25, 0.3) is 0 Å². The van der Waals surface area contributed by atoms with Gasteiger partial charge in [0.05, 0.1) is 24.4 Å². The summed E-state index contributed by atoms with van der Waals surface area (Å²) in [5.41, 5.74) is 1.87. The number of nitrogens with zero attached hydrogens (tertiary/aromatic N) is 2. The van der Waals surface area contributed by atoms with Crippen LogP contribution in [-0.2, 0) is 19.1 Å². The number of hydrogen-bond acceptors (Lipinski definition) is 7. The van der Waals surface area contributed by atoms with E-state index in [4.69, 9.17) is 14.5 Å². The van der Waals surface area contributed by atoms with Gasteiger partial charge in [0.2, 0.25) is 11.8 Å². The Bertz CT molecular complexity index is 1810. The number of nitrogens with one attached hydrogen (secondary N) is 2. The smallest absolute Gasteiger partial charge is 0.407 e. The minimum Gasteiger partial charge on any atom is -0.488 e. The number of carboxylic acid groups (broad SMARTS) is 1. The molecule has 51 heavy (non-hydrogen) atoms. The van der Waals surface area contributed by atoms with Crippen molar-refractivity contribution in [3.63, 3.8) is 0 Å². The van der Waals surface area contributed by atoms with Crippen molar-refractivity contribution >= 4 is 40.9 Å². The molecule has 1 aromatic heterocycles. The van der Waals surface area contributed by atoms with Gasteiger partial charge < -0.3 is 30.1 Å². The number of aromatic nitrogens is 1. The van der Waals surface area contributed by atoms with Crippen molar-refractivity contribution in [1.82, 2.24) is 20.5 Å². The topological polar surface area (TPSA) is 147 Å². The van der Waals surface area contributed by atoms with Crippen molar-refractivity contribution in [3.05, 3.63) is 78.9 Å². The highest BCUT2D eigenvalue weighted by atomic mass is 16.5. The molecule has 1 aliphatic carbocycles. The number of unbranched alkanes of at least 4 members (excludes halogenated alkanes) is 1. The molecule has 2 aliphatic heterocycles. The molecule has 2 aromatic carbocycles. The van der Waals surface area contributed by atoms with E-state index in [9.17, 15) is 24.3 Å². The van der Waals surface area contributed by atoms with Crippen molar-refractivity contribution in [3.8, 4) is 17.0 Å². The Morgan fingerprint density at radius 1 is 1.14 bits per heavy atom. The quantitative estimate of drug-likeness (QED) is 0.234. The number of fused-ring (bicyclic) bond motifs is 3. The van der Waals surface area contributed by atoms with E-state index in [2.05, 4.69) is 29.4 Å². The number of cyclic esters (lactones) is 1. The van der Waals surface area contributed by atoms with Crippen LogP contribution in [0.15, 0.2) is 73.3 Å². The van der Waals surface area contributed by atoms with E-state index in [0.29, 0.717) is 30.7 Å². The summed E-state index contributed by atoms with van der Waals surface area (Å²) in [6.07, 6.45) is 9.88. The van der Waals surface area contributed by atoms with Crippen LogP contribution in [0.2, 0.25) is 0 Å². The summed E-state index contributed by atoms with van der Waals surface area (Å²) in [5, 5.41) is 16.3. The first-order valence-electron chi connectivity index (χ1n) is 18.0. The number of benzene rings is 2. The Labute approximate surface area is 298 Å². The molecule has 268 valence electrons. The number of carbonyl (C=O) groups is 4. The number of alkyl carbamates (subject to hydrolysis) is 1. The molecule has 2 fully saturated rings. The van der Waals surface area contributed by atoms with Gasteiger partial charge in [-0.05, 0) is 56.2 Å². The van der Waals surface area contributed by atoms with Gasteiger partial charge in [-0.3, -0.25) is 9.59 Å². The molecule has 3 aromatic rings. The number of pyridine rings is 1. The minimum absolute atomic E-state index is 0.0469. The first-order chi connectivity index (χ1) is 24.7. The molecule has 5 atom stereocenters. The Morgan fingerprint density at radius 3 is 2.71 bits per heavy atom. The first-order valence-corrected chi connectivity index (χ1v) is 18.0. The minimum atomic E-state index is -1.48. The molecule has 4 bridgehead atoms. The van der Waals surface area contributed by atoms with Crippen LogP contribution in [0.4, 0.5) is 4.79 Å². The molecule has 1 saturated carbocycles. The SMILES string of the molecule is C=C[C@H]1C[C@]1(NC(=O)[C@@H]1CC2CN1C(=O)[C@H](CCCC)NC(=O)OCCCCC/C=C/c1ccc3nc(-c4ccccc4)cc(c3c1)O2)C(=O)O. The predicted octanol–water partition coefficient (Wildman–Crippen LogP) is 6.27. The van der Waals surface area contributed by atoms with Crippen LogP contribution in [0, 0.1) is 5.92 Å². The number of aliphatic carboxylic acids is 1. The van der Waals surface area contributed by atoms with Gasteiger partial charge in [0, 0.05) is 29.4 Å². The molecule has 11 heteroatoms. The van der Waals surface area contributed by atoms with Gasteiger partial charge in [0.1, 0.15) is 29.5 Å². The average molecular weight is 695 g/mol. The Hall–Kier alpha value is -5.19. The Balaban J connectivity index is 1.39. The van der Waals surface area contributed by atoms with Crippen LogP contribution in [0.25, 0.3) is 28.2 Å². The maximum absolute atomic E-state index is 14.3. The largest absolute Gasteiger partial charge is 0.488 e. The normalized spacial score (nSPS) is 26.0. The summed E-state index contributed by atoms with van der Waals surface area (Å²) in [6.45, 7) is 5.99. The van der Waals surface area contributed by atoms with Crippen LogP contribution < -0.4 is 15.4 Å². The van der Waals surface area contributed by atoms with E-state index < -0.39 is 53.5 Å². The Morgan fingerprint density at radius 2 is 1.96 bits per heavy atom. The molecule has 1 saturated heterocycles. The molecule has 1 unspecified atom stereocenters. The van der Waals surface area contributed by atoms with Crippen LogP contribution in [-0.4, -0.2) is 75.7 Å². The summed E-state index contributed by atoms with van der Waals surface area (Å²) in [7, 11) is 0. The van der Waals surface area contributed by atoms with E-state index in [0.717, 1.165) is 47.7 Å². The summed E-state index contributed by atoms with van der Waals surface area (Å²) >= 11 is 0. The fraction of sp³-hybridized carbons (Fsp3) is 0.425. The molecule has 11 nitrogen and oxygen atoms in total. The van der Waals surface area contributed by atoms with E-state index >= 15 is 0 Å². The summed E-state index contributed by atoms with van der Waals surface area (Å²) in [4.78, 5) is 59.9. The number of hydrogen-bond donors (Lipinski definition) is 3. The lowest BCUT2D eigenvalue weighted by Crippen LogP contribution is -2.56. The summed E-state index contributed by atoms with van der Waals surface area (Å²) < 4.78 is 12.2. The number of rotatable bonds is 8. The molecule has 3 N–H and O–H groups in total. The predicted molar refractivity (Wildman–Crippen MR) is 194 cm³/mol. The number of allylic oxidation sites excluding steroid dienone is 1. The monoisotopic (exact) mass is 694 g/mol. The van der Waals surface area contributed by atoms with Crippen molar-refractivity contribution in [2.24, 2.45) is 5.92 Å². The third kappa shape index (κ3) is 8.08. The molecule has 6 rings (SSSR count). The zero-order chi connectivity index (χ0) is 36.0. The van der Waals surface area contributed by atoms with Crippen molar-refractivity contribution < 1.29 is 33.8 Å². The first kappa shape index (κ1) is 35.6. The van der Waals surface area contributed by atoms with Crippen LogP contribution >= 0.6 is 0 Å². The van der Waals surface area contributed by atoms with Crippen LogP contribution in [0.5, 0.6) is 5.75 Å². The zero-order valence-corrected chi connectivity index (χ0v) is 29.0. The lowest BCUT2D eigenvalue weighted by atomic mass is 10.1. The lowest BCUT2D eigenvalue weighted by molar-refractivity contribution is -0.145. The molecule has 3 amide bonds. The maximum Gasteiger partial charge on any atom is 0.407 e. The van der Waals surface area contributed by atoms with Gasteiger partial charge in [-0.15, -0.1) is 6.58 Å². The highest BCUT2D eigenvalue weighted by Crippen LogP contribution is 2.45. The highest BCUT2D eigenvalue weighted by molar-refractivity contribution is 5.96. The molecular weight excluding hydrogens is 648 g/mol. The number of carbonyl (C=O) groups excluding carboxylic acids is 3. The van der Waals surface area contributed by atoms with E-state index in [1.54, 1.807) is 0 Å². The molecule has 0 radical (unpaired) electrons. The molecular formula is C40H46N4O7. The summed E-state index contributed by atoms with van der Waals surface area (Å²) in [6, 6.07) is 15.7. The van der Waals surface area contributed by atoms with Gasteiger partial charge in [-0.2, -0.15) is 0 Å². The second-order valence-electron chi connectivity index (χ2n) is 13.7. The van der Waals surface area contributed by atoms with E-state index in [-0.39, 0.29) is 26.0 Å². The maximum atomic E-state index is 14.3. The fourth-order valence-corrected chi connectivity index (χ4v) is 7.02. The average Bonchev–Trinajstić information content (AvgIpc) is 3.70. The number of ether oxygens (including phenoxy) is 2. The molecule has 3 aliphatic rings. The molecule has 3 heterocycles. The van der Waals surface area contributed by atoms with Gasteiger partial charge in [-0.1, -0.05) is 74.4 Å². The summed E-state index contributed by atoms with van der Waals surface area (Å²) in [5.74, 6) is -2.06. The highest BCUT2D eigenvalue weighted by Gasteiger charge is 2.61. The van der Waals surface area contributed by atoms with Gasteiger partial charge in [0.15, 0.2) is 0 Å². The zero-order valence-electron chi connectivity index (χ0n) is 29.0. The number of carboxylic acids is 1. The van der Waals surface area contributed by atoms with Crippen molar-refractivity contribution in [1.29, 1.82) is 0 Å². The van der Waals surface area contributed by atoms with Gasteiger partial charge >= 0.3 is 12.1 Å². The standard InChI is InChI=1S/C40H46N4O7/c1-3-5-17-32-37(46)44-25-29(22-34(44)36(45)43-40(38(47)48)24-28(40)4-2)51-35-23-33(27-15-11-9-12-16-27)41-31-19-18-26(21-30(31)35)14-10-7-6-8-13-20-50-39(49)42-32/h4,9-12,14-16,18-19,21,23,28-29,32,34H,2-3,5-8,13,17,20,22,24-25H2,1H3,(H,42,49)(H,43,45)(H,47,48)/b14-10+/t28-,29?,32-,34-,40+/m0/s1. The lowest BCUT2D eigenvalue weighted by Gasteiger charge is -2.29. The van der Waals surface area contributed by atoms with Crippen LogP contribution in [0.3, 0.4) is 0 Å². The van der Waals surface area contributed by atoms with Gasteiger partial charge in [-0.25, -0.2) is 14.6 Å². The fourth-order valence-electron chi connectivity index (χ4n) is 7.02. The van der Waals surface area contributed by atoms with E-state index in [1.807, 2.05) is 61.5 Å². The second-order valence-corrected chi connectivity index (χ2v) is 13.7. The van der Waals surface area contributed by atoms with Crippen LogP contribution in [0.1, 0.15) is 70.3 Å². The molecule has 0 spiro atoms. The van der Waals surface area contributed by atoms with Crippen molar-refractivity contribution in [2.45, 2.75) is 88.4 Å². The third-order valence-corrected chi connectivity index (χ3v) is 10.0. The third-order valence-electron chi connectivity index (χ3n) is 10.0. The van der Waals surface area contributed by atoms with E-state index in [1.165, 1.54) is 11.0 Å². The van der Waals surface area contributed by atoms with Crippen molar-refractivity contribution in [2.75, 3.05) is 13.2 Å². The second kappa shape index (κ2) is 15.8. The number of amides is 3.